The van der Waals surface area contributed by atoms with Crippen molar-refractivity contribution in [3.05, 3.63) is 21.9 Å². The highest BCUT2D eigenvalue weighted by Crippen LogP contribution is 2.27. The zero-order valence-corrected chi connectivity index (χ0v) is 9.67. The fraction of sp³-hybridized carbons (Fsp3) is 0.500. The van der Waals surface area contributed by atoms with Crippen molar-refractivity contribution in [2.45, 2.75) is 32.6 Å². The molecule has 1 nitrogen and oxygen atoms in total. The molecule has 0 aromatic carbocycles. The van der Waals surface area contributed by atoms with E-state index < -0.39 is 0 Å². The minimum atomic E-state index is 0.475. The van der Waals surface area contributed by atoms with E-state index in [4.69, 9.17) is 18.0 Å². The average molecular weight is 213 g/mol. The van der Waals surface area contributed by atoms with Gasteiger partial charge in [-0.15, -0.1) is 11.3 Å². The third kappa shape index (κ3) is 3.08. The lowest BCUT2D eigenvalue weighted by atomic mass is 10.1. The van der Waals surface area contributed by atoms with E-state index >= 15 is 0 Å². The van der Waals surface area contributed by atoms with Crippen LogP contribution >= 0.6 is 23.6 Å². The van der Waals surface area contributed by atoms with Crippen LogP contribution in [0.3, 0.4) is 0 Å². The van der Waals surface area contributed by atoms with Crippen LogP contribution in [0.5, 0.6) is 0 Å². The smallest absolute Gasteiger partial charge is 0.0733 e. The molecule has 0 saturated carbocycles. The molecule has 1 aromatic heterocycles. The van der Waals surface area contributed by atoms with E-state index in [0.29, 0.717) is 10.9 Å². The van der Waals surface area contributed by atoms with E-state index in [0.717, 1.165) is 12.8 Å². The molecule has 0 aliphatic carbocycles. The van der Waals surface area contributed by atoms with E-state index in [1.165, 1.54) is 9.75 Å². The van der Waals surface area contributed by atoms with Gasteiger partial charge in [-0.05, 0) is 24.5 Å². The fourth-order valence-electron chi connectivity index (χ4n) is 1.25. The Kier molecular flexibility index (Phi) is 3.88. The second-order valence-electron chi connectivity index (χ2n) is 3.23. The maximum Gasteiger partial charge on any atom is 0.0733 e. The third-order valence-corrected chi connectivity index (χ3v) is 3.65. The lowest BCUT2D eigenvalue weighted by Gasteiger charge is -2.06. The lowest BCUT2D eigenvalue weighted by Crippen LogP contribution is -2.10. The minimum Gasteiger partial charge on any atom is -0.393 e. The van der Waals surface area contributed by atoms with E-state index in [9.17, 15) is 0 Å². The molecule has 1 heterocycles. The van der Waals surface area contributed by atoms with Gasteiger partial charge in [-0.3, -0.25) is 0 Å². The number of hydrogen-bond donors (Lipinski definition) is 1. The van der Waals surface area contributed by atoms with Crippen LogP contribution in [0.1, 0.15) is 35.9 Å². The largest absolute Gasteiger partial charge is 0.393 e. The van der Waals surface area contributed by atoms with Gasteiger partial charge in [-0.25, -0.2) is 0 Å². The van der Waals surface area contributed by atoms with Crippen molar-refractivity contribution in [3.8, 4) is 0 Å². The second-order valence-corrected chi connectivity index (χ2v) is 4.95. The summed E-state index contributed by atoms with van der Waals surface area (Å²) in [4.78, 5) is 3.44. The van der Waals surface area contributed by atoms with Crippen LogP contribution in [-0.4, -0.2) is 4.99 Å². The van der Waals surface area contributed by atoms with Gasteiger partial charge in [0.15, 0.2) is 0 Å². The molecule has 0 aliphatic heterocycles. The third-order valence-electron chi connectivity index (χ3n) is 2.02. The van der Waals surface area contributed by atoms with Crippen LogP contribution in [0.2, 0.25) is 0 Å². The Morgan fingerprint density at radius 2 is 2.31 bits per heavy atom. The van der Waals surface area contributed by atoms with Crippen LogP contribution < -0.4 is 5.73 Å². The highest BCUT2D eigenvalue weighted by molar-refractivity contribution is 7.80. The molecule has 0 radical (unpaired) electrons. The van der Waals surface area contributed by atoms with E-state index in [-0.39, 0.29) is 0 Å². The van der Waals surface area contributed by atoms with Gasteiger partial charge >= 0.3 is 0 Å². The van der Waals surface area contributed by atoms with Crippen molar-refractivity contribution >= 4 is 28.5 Å². The summed E-state index contributed by atoms with van der Waals surface area (Å²) in [6.45, 7) is 4.35. The topological polar surface area (TPSA) is 26.0 Å². The number of nitrogens with two attached hydrogens (primary N) is 1. The zero-order valence-electron chi connectivity index (χ0n) is 8.04. The van der Waals surface area contributed by atoms with Crippen LogP contribution in [0.25, 0.3) is 0 Å². The van der Waals surface area contributed by atoms with Gasteiger partial charge in [-0.1, -0.05) is 26.1 Å². The molecule has 0 bridgehead atoms. The number of thiophene rings is 1. The van der Waals surface area contributed by atoms with Crippen LogP contribution in [0.4, 0.5) is 0 Å². The molecule has 1 unspecified atom stereocenters. The highest BCUT2D eigenvalue weighted by atomic mass is 32.1. The molecule has 72 valence electrons. The van der Waals surface area contributed by atoms with Crippen LogP contribution in [0.15, 0.2) is 12.1 Å². The lowest BCUT2D eigenvalue weighted by molar-refractivity contribution is 0.826. The summed E-state index contributed by atoms with van der Waals surface area (Å²) in [5.41, 5.74) is 5.51. The first-order chi connectivity index (χ1) is 6.13. The maximum absolute atomic E-state index is 5.51. The van der Waals surface area contributed by atoms with Crippen molar-refractivity contribution in [2.75, 3.05) is 0 Å². The van der Waals surface area contributed by atoms with Gasteiger partial charge in [0.1, 0.15) is 0 Å². The number of rotatable bonds is 4. The van der Waals surface area contributed by atoms with Gasteiger partial charge in [-0.2, -0.15) is 0 Å². The molecule has 0 saturated heterocycles. The molecule has 1 atom stereocenters. The van der Waals surface area contributed by atoms with Gasteiger partial charge in [0.25, 0.3) is 0 Å². The molecule has 1 aromatic rings. The molecule has 0 amide bonds. The second kappa shape index (κ2) is 4.72. The van der Waals surface area contributed by atoms with Gasteiger partial charge < -0.3 is 5.73 Å². The first kappa shape index (κ1) is 10.7. The van der Waals surface area contributed by atoms with Crippen molar-refractivity contribution in [1.29, 1.82) is 0 Å². The van der Waals surface area contributed by atoms with E-state index in [1.54, 1.807) is 0 Å². The quantitative estimate of drug-likeness (QED) is 0.778. The monoisotopic (exact) mass is 213 g/mol. The molecule has 0 spiro atoms. The van der Waals surface area contributed by atoms with Crippen molar-refractivity contribution in [1.82, 2.24) is 0 Å². The standard InChI is InChI=1S/C10H15NS2/c1-3-8-4-5-9(13-8)7(2)6-10(11)12/h4-5,7H,3,6H2,1-2H3,(H2,11,12). The molecule has 0 aliphatic rings. The summed E-state index contributed by atoms with van der Waals surface area (Å²) >= 11 is 6.76. The Bertz CT molecular complexity index is 291. The molecule has 0 fully saturated rings. The summed E-state index contributed by atoms with van der Waals surface area (Å²) in [6.07, 6.45) is 1.93. The zero-order chi connectivity index (χ0) is 9.84. The number of hydrogen-bond acceptors (Lipinski definition) is 2. The predicted molar refractivity (Wildman–Crippen MR) is 63.5 cm³/mol. The Morgan fingerprint density at radius 3 is 2.77 bits per heavy atom. The molecule has 13 heavy (non-hydrogen) atoms. The number of thiocarbonyl (C=S) groups is 1. The van der Waals surface area contributed by atoms with Crippen molar-refractivity contribution in [3.63, 3.8) is 0 Å². The molecular formula is C10H15NS2. The predicted octanol–water partition coefficient (Wildman–Crippen LogP) is 3.09. The molecule has 3 heteroatoms. The van der Waals surface area contributed by atoms with Crippen LogP contribution in [0, 0.1) is 0 Å². The summed E-state index contributed by atoms with van der Waals surface area (Å²) in [6, 6.07) is 4.38. The maximum atomic E-state index is 5.51. The van der Waals surface area contributed by atoms with E-state index in [1.807, 2.05) is 11.3 Å². The molecular weight excluding hydrogens is 198 g/mol. The fourth-order valence-corrected chi connectivity index (χ4v) is 2.51. The first-order valence-electron chi connectivity index (χ1n) is 4.50. The summed E-state index contributed by atoms with van der Waals surface area (Å²) in [7, 11) is 0. The summed E-state index contributed by atoms with van der Waals surface area (Å²) in [5, 5.41) is 0. The normalized spacial score (nSPS) is 12.8. The SMILES string of the molecule is CCc1ccc(C(C)CC(N)=S)s1. The molecule has 1 rings (SSSR count). The van der Waals surface area contributed by atoms with Gasteiger partial charge in [0.2, 0.25) is 0 Å². The minimum absolute atomic E-state index is 0.475. The highest BCUT2D eigenvalue weighted by Gasteiger charge is 2.08. The summed E-state index contributed by atoms with van der Waals surface area (Å²) < 4.78 is 0. The van der Waals surface area contributed by atoms with Crippen LogP contribution in [-0.2, 0) is 6.42 Å². The number of aryl methyl sites for hydroxylation is 1. The van der Waals surface area contributed by atoms with Gasteiger partial charge in [0.05, 0.1) is 4.99 Å². The van der Waals surface area contributed by atoms with E-state index in [2.05, 4.69) is 26.0 Å². The van der Waals surface area contributed by atoms with Crippen molar-refractivity contribution in [2.24, 2.45) is 5.73 Å². The Hall–Kier alpha value is -0.410. The Balaban J connectivity index is 2.65. The summed E-state index contributed by atoms with van der Waals surface area (Å²) in [5.74, 6) is 0.475. The molecule has 2 N–H and O–H groups in total. The average Bonchev–Trinajstić information content (AvgIpc) is 2.50. The first-order valence-corrected chi connectivity index (χ1v) is 5.72. The van der Waals surface area contributed by atoms with Gasteiger partial charge in [0, 0.05) is 16.2 Å². The Labute approximate surface area is 89.0 Å². The van der Waals surface area contributed by atoms with Crippen molar-refractivity contribution < 1.29 is 0 Å². The Morgan fingerprint density at radius 1 is 1.62 bits per heavy atom.